The predicted octanol–water partition coefficient (Wildman–Crippen LogP) is 3.02. The van der Waals surface area contributed by atoms with Gasteiger partial charge in [-0.1, -0.05) is 26.2 Å². The summed E-state index contributed by atoms with van der Waals surface area (Å²) in [5.41, 5.74) is 6.04. The minimum Gasteiger partial charge on any atom is -0.448 e. The highest BCUT2D eigenvalue weighted by atomic mass is 16.6. The van der Waals surface area contributed by atoms with Crippen LogP contribution in [0.2, 0.25) is 0 Å². The molecule has 7 nitrogen and oxygen atoms in total. The lowest BCUT2D eigenvalue weighted by molar-refractivity contribution is -0.384. The Balaban J connectivity index is 2.50. The van der Waals surface area contributed by atoms with Gasteiger partial charge in [-0.15, -0.1) is 0 Å². The summed E-state index contributed by atoms with van der Waals surface area (Å²) in [4.78, 5) is 25.1. The number of hydrogen-bond acceptors (Lipinski definition) is 4. The molecule has 0 saturated heterocycles. The first kappa shape index (κ1) is 16.6. The van der Waals surface area contributed by atoms with Gasteiger partial charge in [0.25, 0.3) is 5.69 Å². The van der Waals surface area contributed by atoms with Gasteiger partial charge < -0.3 is 10.5 Å². The molecule has 0 radical (unpaired) electrons. The molecular weight excluding hydrogens is 274 g/mol. The number of nitrogens with zero attached hydrogens (tertiary/aromatic N) is 2. The van der Waals surface area contributed by atoms with Crippen molar-refractivity contribution in [3.05, 3.63) is 39.9 Å². The lowest BCUT2D eigenvalue weighted by atomic mass is 10.2. The number of nitro benzene ring substituents is 1. The molecule has 1 aromatic carbocycles. The van der Waals surface area contributed by atoms with Gasteiger partial charge in [-0.25, -0.2) is 4.79 Å². The van der Waals surface area contributed by atoms with E-state index in [2.05, 4.69) is 11.9 Å². The van der Waals surface area contributed by atoms with E-state index in [0.29, 0.717) is 12.2 Å². The van der Waals surface area contributed by atoms with Crippen molar-refractivity contribution < 1.29 is 14.5 Å². The zero-order valence-corrected chi connectivity index (χ0v) is 11.9. The molecule has 2 N–H and O–H groups in total. The van der Waals surface area contributed by atoms with Crippen LogP contribution in [0.15, 0.2) is 29.3 Å². The second-order valence-electron chi connectivity index (χ2n) is 4.48. The normalized spacial score (nSPS) is 11.2. The van der Waals surface area contributed by atoms with Crippen LogP contribution in [0.25, 0.3) is 0 Å². The third-order valence-corrected chi connectivity index (χ3v) is 2.81. The maximum absolute atomic E-state index is 11.4. The third-order valence-electron chi connectivity index (χ3n) is 2.81. The van der Waals surface area contributed by atoms with Crippen molar-refractivity contribution >= 4 is 17.6 Å². The Morgan fingerprint density at radius 2 is 1.95 bits per heavy atom. The molecule has 0 heterocycles. The van der Waals surface area contributed by atoms with Crippen molar-refractivity contribution in [3.8, 4) is 0 Å². The standard InChI is InChI=1S/C14H19N3O4/c1-2-3-4-5-10-21-14(18)16-13(15)11-6-8-12(9-7-11)17(19)20/h6-9H,2-5,10H2,1H3,(H2,15,16,18). The lowest BCUT2D eigenvalue weighted by Gasteiger charge is -2.03. The summed E-state index contributed by atoms with van der Waals surface area (Å²) in [7, 11) is 0. The van der Waals surface area contributed by atoms with Crippen LogP contribution in [0.5, 0.6) is 0 Å². The summed E-state index contributed by atoms with van der Waals surface area (Å²) in [5, 5.41) is 10.5. The molecule has 0 aliphatic heterocycles. The number of unbranched alkanes of at least 4 members (excludes halogenated alkanes) is 3. The van der Waals surface area contributed by atoms with Crippen molar-refractivity contribution in [3.63, 3.8) is 0 Å². The Morgan fingerprint density at radius 3 is 2.52 bits per heavy atom. The van der Waals surface area contributed by atoms with Crippen molar-refractivity contribution in [2.45, 2.75) is 32.6 Å². The number of nitro groups is 1. The van der Waals surface area contributed by atoms with Crippen LogP contribution in [0.4, 0.5) is 10.5 Å². The number of aliphatic imine (C=N–C) groups is 1. The quantitative estimate of drug-likeness (QED) is 0.273. The van der Waals surface area contributed by atoms with Crippen molar-refractivity contribution in [1.29, 1.82) is 0 Å². The Labute approximate surface area is 123 Å². The molecule has 0 bridgehead atoms. The number of amides is 1. The van der Waals surface area contributed by atoms with Crippen LogP contribution in [-0.4, -0.2) is 23.5 Å². The summed E-state index contributed by atoms with van der Waals surface area (Å²) in [6, 6.07) is 5.47. The number of nitrogens with two attached hydrogens (primary N) is 1. The summed E-state index contributed by atoms with van der Waals surface area (Å²) >= 11 is 0. The van der Waals surface area contributed by atoms with E-state index >= 15 is 0 Å². The molecule has 1 rings (SSSR count). The highest BCUT2D eigenvalue weighted by Crippen LogP contribution is 2.11. The zero-order chi connectivity index (χ0) is 15.7. The van der Waals surface area contributed by atoms with Gasteiger partial charge in [-0.3, -0.25) is 10.1 Å². The summed E-state index contributed by atoms with van der Waals surface area (Å²) in [6.07, 6.45) is 3.27. The van der Waals surface area contributed by atoms with Gasteiger partial charge in [0.05, 0.1) is 11.5 Å². The van der Waals surface area contributed by atoms with Gasteiger partial charge in [0.2, 0.25) is 0 Å². The topological polar surface area (TPSA) is 108 Å². The highest BCUT2D eigenvalue weighted by Gasteiger charge is 2.07. The molecule has 0 atom stereocenters. The van der Waals surface area contributed by atoms with E-state index < -0.39 is 11.0 Å². The number of ether oxygens (including phenoxy) is 1. The first-order chi connectivity index (χ1) is 10.0. The van der Waals surface area contributed by atoms with Gasteiger partial charge in [-0.05, 0) is 18.6 Å². The molecule has 1 amide bonds. The van der Waals surface area contributed by atoms with Gasteiger partial charge in [0, 0.05) is 17.7 Å². The summed E-state index contributed by atoms with van der Waals surface area (Å²) in [5.74, 6) is -0.0246. The Morgan fingerprint density at radius 1 is 1.29 bits per heavy atom. The SMILES string of the molecule is CCCCCCOC(=O)N=C(N)c1ccc([N+](=O)[O-])cc1. The second-order valence-corrected chi connectivity index (χ2v) is 4.48. The zero-order valence-electron chi connectivity index (χ0n) is 11.9. The first-order valence-corrected chi connectivity index (χ1v) is 6.80. The fourth-order valence-electron chi connectivity index (χ4n) is 1.64. The average molecular weight is 293 g/mol. The minimum atomic E-state index is -0.748. The highest BCUT2D eigenvalue weighted by molar-refractivity contribution is 6.02. The summed E-state index contributed by atoms with van der Waals surface area (Å²) < 4.78 is 4.93. The van der Waals surface area contributed by atoms with Gasteiger partial charge >= 0.3 is 6.09 Å². The molecule has 0 spiro atoms. The van der Waals surface area contributed by atoms with E-state index in [1.165, 1.54) is 24.3 Å². The number of non-ortho nitro benzene ring substituents is 1. The maximum Gasteiger partial charge on any atom is 0.435 e. The van der Waals surface area contributed by atoms with Crippen LogP contribution in [0.3, 0.4) is 0 Å². The molecule has 0 aromatic heterocycles. The molecule has 0 saturated carbocycles. The average Bonchev–Trinajstić information content (AvgIpc) is 2.47. The van der Waals surface area contributed by atoms with E-state index in [9.17, 15) is 14.9 Å². The predicted molar refractivity (Wildman–Crippen MR) is 79.3 cm³/mol. The van der Waals surface area contributed by atoms with Gasteiger partial charge in [0.1, 0.15) is 5.84 Å². The van der Waals surface area contributed by atoms with Gasteiger partial charge in [0.15, 0.2) is 0 Å². The number of rotatable bonds is 7. The monoisotopic (exact) mass is 293 g/mol. The number of hydrogen-bond donors (Lipinski definition) is 1. The van der Waals surface area contributed by atoms with Crippen molar-refractivity contribution in [2.24, 2.45) is 10.7 Å². The molecule has 1 aromatic rings. The molecule has 0 aliphatic rings. The molecule has 0 fully saturated rings. The van der Waals surface area contributed by atoms with E-state index in [4.69, 9.17) is 10.5 Å². The Hall–Kier alpha value is -2.44. The molecule has 7 heteroatoms. The largest absolute Gasteiger partial charge is 0.448 e. The van der Waals surface area contributed by atoms with Crippen LogP contribution in [0, 0.1) is 10.1 Å². The number of amidine groups is 1. The Kier molecular flexibility index (Phi) is 6.86. The maximum atomic E-state index is 11.4. The Bertz CT molecular complexity index is 511. The fourth-order valence-corrected chi connectivity index (χ4v) is 1.64. The minimum absolute atomic E-state index is 0.0246. The van der Waals surface area contributed by atoms with Crippen LogP contribution < -0.4 is 5.73 Å². The lowest BCUT2D eigenvalue weighted by Crippen LogP contribution is -2.16. The van der Waals surface area contributed by atoms with E-state index in [-0.39, 0.29) is 11.5 Å². The first-order valence-electron chi connectivity index (χ1n) is 6.80. The van der Waals surface area contributed by atoms with E-state index in [1.807, 2.05) is 0 Å². The van der Waals surface area contributed by atoms with E-state index in [0.717, 1.165) is 25.7 Å². The molecule has 0 aliphatic carbocycles. The number of carbonyl (C=O) groups excluding carboxylic acids is 1. The van der Waals surface area contributed by atoms with Crippen LogP contribution in [-0.2, 0) is 4.74 Å². The second kappa shape index (κ2) is 8.68. The molecular formula is C14H19N3O4. The van der Waals surface area contributed by atoms with Crippen molar-refractivity contribution in [1.82, 2.24) is 0 Å². The number of carbonyl (C=O) groups is 1. The smallest absolute Gasteiger partial charge is 0.435 e. The van der Waals surface area contributed by atoms with Gasteiger partial charge in [-0.2, -0.15) is 4.99 Å². The summed E-state index contributed by atoms with van der Waals surface area (Å²) in [6.45, 7) is 2.41. The van der Waals surface area contributed by atoms with E-state index in [1.54, 1.807) is 0 Å². The van der Waals surface area contributed by atoms with Crippen LogP contribution in [0.1, 0.15) is 38.2 Å². The van der Waals surface area contributed by atoms with Crippen molar-refractivity contribution in [2.75, 3.05) is 6.61 Å². The fraction of sp³-hybridized carbons (Fsp3) is 0.429. The number of benzene rings is 1. The molecule has 114 valence electrons. The van der Waals surface area contributed by atoms with Crippen LogP contribution >= 0.6 is 0 Å². The molecule has 21 heavy (non-hydrogen) atoms. The third kappa shape index (κ3) is 6.03. The molecule has 0 unspecified atom stereocenters.